The van der Waals surface area contributed by atoms with Crippen molar-refractivity contribution in [2.45, 2.75) is 58.0 Å². The van der Waals surface area contributed by atoms with Crippen molar-refractivity contribution in [2.75, 3.05) is 13.2 Å². The molecule has 0 fully saturated rings. The highest BCUT2D eigenvalue weighted by molar-refractivity contribution is 5.29. The fraction of sp³-hybridized carbons (Fsp3) is 0.647. The molecular formula is C17H29NO2. The molecule has 1 atom stereocenters. The van der Waals surface area contributed by atoms with Crippen molar-refractivity contribution in [1.82, 2.24) is 5.32 Å². The van der Waals surface area contributed by atoms with E-state index in [1.807, 2.05) is 6.92 Å². The lowest BCUT2D eigenvalue weighted by Gasteiger charge is -2.33. The van der Waals surface area contributed by atoms with E-state index in [4.69, 9.17) is 0 Å². The highest BCUT2D eigenvalue weighted by Gasteiger charge is 2.28. The van der Waals surface area contributed by atoms with E-state index in [9.17, 15) is 10.2 Å². The van der Waals surface area contributed by atoms with Crippen molar-refractivity contribution in [1.29, 1.82) is 0 Å². The maximum atomic E-state index is 9.50. The zero-order valence-electron chi connectivity index (χ0n) is 13.4. The van der Waals surface area contributed by atoms with Crippen molar-refractivity contribution in [3.8, 4) is 0 Å². The molecule has 1 rings (SSSR count). The van der Waals surface area contributed by atoms with Gasteiger partial charge in [0.25, 0.3) is 0 Å². The minimum Gasteiger partial charge on any atom is -0.394 e. The van der Waals surface area contributed by atoms with Gasteiger partial charge in [0.1, 0.15) is 0 Å². The predicted molar refractivity (Wildman–Crippen MR) is 83.9 cm³/mol. The minimum atomic E-state index is -0.609. The Morgan fingerprint density at radius 2 is 1.55 bits per heavy atom. The second-order valence-corrected chi connectivity index (χ2v) is 6.69. The average molecular weight is 279 g/mol. The van der Waals surface area contributed by atoms with Crippen LogP contribution in [0.4, 0.5) is 0 Å². The fourth-order valence-electron chi connectivity index (χ4n) is 2.28. The maximum Gasteiger partial charge on any atom is 0.0650 e. The van der Waals surface area contributed by atoms with Crippen molar-refractivity contribution in [2.24, 2.45) is 0 Å². The van der Waals surface area contributed by atoms with E-state index in [0.29, 0.717) is 6.42 Å². The van der Waals surface area contributed by atoms with Gasteiger partial charge < -0.3 is 15.5 Å². The third-order valence-electron chi connectivity index (χ3n) is 4.08. The van der Waals surface area contributed by atoms with Gasteiger partial charge in [0.2, 0.25) is 0 Å². The van der Waals surface area contributed by atoms with Crippen molar-refractivity contribution < 1.29 is 10.2 Å². The molecule has 3 N–H and O–H groups in total. The van der Waals surface area contributed by atoms with Gasteiger partial charge in [0, 0.05) is 6.04 Å². The molecule has 0 amide bonds. The number of nitrogens with one attached hydrogen (secondary N) is 1. The average Bonchev–Trinajstić information content (AvgIpc) is 2.44. The Kier molecular flexibility index (Phi) is 5.75. The molecule has 3 heteroatoms. The minimum absolute atomic E-state index is 0.0651. The molecule has 3 nitrogen and oxygen atoms in total. The quantitative estimate of drug-likeness (QED) is 0.750. The summed E-state index contributed by atoms with van der Waals surface area (Å²) in [6.07, 6.45) is 0.685. The summed E-state index contributed by atoms with van der Waals surface area (Å²) in [6, 6.07) is 8.63. The third-order valence-corrected chi connectivity index (χ3v) is 4.08. The molecule has 0 heterocycles. The van der Waals surface area contributed by atoms with Gasteiger partial charge in [0.15, 0.2) is 0 Å². The number of aliphatic hydroxyl groups is 2. The Hall–Kier alpha value is -0.900. The number of hydrogen-bond acceptors (Lipinski definition) is 3. The smallest absolute Gasteiger partial charge is 0.0650 e. The topological polar surface area (TPSA) is 52.5 Å². The third kappa shape index (κ3) is 4.05. The largest absolute Gasteiger partial charge is 0.394 e. The number of aliphatic hydroxyl groups excluding tert-OH is 2. The van der Waals surface area contributed by atoms with Crippen LogP contribution in [0.2, 0.25) is 0 Å². The molecule has 1 aromatic carbocycles. The van der Waals surface area contributed by atoms with Crippen LogP contribution >= 0.6 is 0 Å². The Morgan fingerprint density at radius 1 is 1.05 bits per heavy atom. The lowest BCUT2D eigenvalue weighted by molar-refractivity contribution is 0.0793. The molecule has 0 aliphatic heterocycles. The summed E-state index contributed by atoms with van der Waals surface area (Å²) < 4.78 is 0. The summed E-state index contributed by atoms with van der Waals surface area (Å²) >= 11 is 0. The Labute approximate surface area is 123 Å². The van der Waals surface area contributed by atoms with Gasteiger partial charge in [-0.2, -0.15) is 0 Å². The van der Waals surface area contributed by atoms with E-state index >= 15 is 0 Å². The van der Waals surface area contributed by atoms with Crippen molar-refractivity contribution in [3.05, 3.63) is 35.4 Å². The second kappa shape index (κ2) is 6.70. The molecule has 0 spiro atoms. The monoisotopic (exact) mass is 279 g/mol. The molecule has 0 saturated carbocycles. The molecule has 114 valence electrons. The van der Waals surface area contributed by atoms with Crippen LogP contribution in [0.25, 0.3) is 0 Å². The fourth-order valence-corrected chi connectivity index (χ4v) is 2.28. The molecule has 20 heavy (non-hydrogen) atoms. The van der Waals surface area contributed by atoms with Crippen LogP contribution in [0.5, 0.6) is 0 Å². The Balaban J connectivity index is 2.85. The summed E-state index contributed by atoms with van der Waals surface area (Å²) in [6.45, 7) is 10.5. The van der Waals surface area contributed by atoms with Gasteiger partial charge in [0.05, 0.1) is 18.8 Å². The summed E-state index contributed by atoms with van der Waals surface area (Å²) in [7, 11) is 0. The van der Waals surface area contributed by atoms with E-state index in [1.54, 1.807) is 0 Å². The first kappa shape index (κ1) is 17.2. The summed E-state index contributed by atoms with van der Waals surface area (Å²) in [5.41, 5.74) is 2.01. The van der Waals surface area contributed by atoms with E-state index in [-0.39, 0.29) is 24.7 Å². The number of rotatable bonds is 6. The molecule has 0 bridgehead atoms. The van der Waals surface area contributed by atoms with Crippen LogP contribution in [-0.2, 0) is 5.41 Å². The molecule has 0 saturated heterocycles. The predicted octanol–water partition coefficient (Wildman–Crippen LogP) is 2.77. The van der Waals surface area contributed by atoms with E-state index < -0.39 is 5.54 Å². The standard InChI is InChI=1S/C17H29NO2/c1-6-17(11-19,12-20)18-13(2)14-7-9-15(10-8-14)16(3,4)5/h7-10,13,18-20H,6,11-12H2,1-5H3. The molecule has 0 aromatic heterocycles. The first-order valence-corrected chi connectivity index (χ1v) is 7.38. The molecule has 1 unspecified atom stereocenters. The Morgan fingerprint density at radius 3 is 1.90 bits per heavy atom. The molecule has 1 aromatic rings. The molecule has 0 aliphatic rings. The van der Waals surface area contributed by atoms with Gasteiger partial charge in [-0.1, -0.05) is 52.0 Å². The van der Waals surface area contributed by atoms with Crippen molar-refractivity contribution >= 4 is 0 Å². The maximum absolute atomic E-state index is 9.50. The van der Waals surface area contributed by atoms with Crippen LogP contribution in [-0.4, -0.2) is 29.0 Å². The van der Waals surface area contributed by atoms with Crippen molar-refractivity contribution in [3.63, 3.8) is 0 Å². The molecular weight excluding hydrogens is 250 g/mol. The normalized spacial score (nSPS) is 14.3. The van der Waals surface area contributed by atoms with Gasteiger partial charge >= 0.3 is 0 Å². The van der Waals surface area contributed by atoms with Gasteiger partial charge in [-0.25, -0.2) is 0 Å². The summed E-state index contributed by atoms with van der Waals surface area (Å²) in [5, 5.41) is 22.4. The van der Waals surface area contributed by atoms with Gasteiger partial charge in [-0.15, -0.1) is 0 Å². The van der Waals surface area contributed by atoms with Crippen LogP contribution in [0, 0.1) is 0 Å². The van der Waals surface area contributed by atoms with Crippen LogP contribution < -0.4 is 5.32 Å². The lowest BCUT2D eigenvalue weighted by Crippen LogP contribution is -2.52. The highest BCUT2D eigenvalue weighted by atomic mass is 16.3. The molecule has 0 aliphatic carbocycles. The second-order valence-electron chi connectivity index (χ2n) is 6.69. The van der Waals surface area contributed by atoms with Crippen LogP contribution in [0.1, 0.15) is 58.2 Å². The highest BCUT2D eigenvalue weighted by Crippen LogP contribution is 2.25. The van der Waals surface area contributed by atoms with Gasteiger partial charge in [-0.3, -0.25) is 0 Å². The zero-order valence-corrected chi connectivity index (χ0v) is 13.4. The van der Waals surface area contributed by atoms with E-state index in [1.165, 1.54) is 5.56 Å². The van der Waals surface area contributed by atoms with E-state index in [2.05, 4.69) is 57.3 Å². The van der Waals surface area contributed by atoms with Crippen LogP contribution in [0.3, 0.4) is 0 Å². The zero-order chi connectivity index (χ0) is 15.4. The Bertz CT molecular complexity index is 394. The summed E-state index contributed by atoms with van der Waals surface area (Å²) in [4.78, 5) is 0. The summed E-state index contributed by atoms with van der Waals surface area (Å²) in [5.74, 6) is 0. The SMILES string of the molecule is CCC(CO)(CO)NC(C)c1ccc(C(C)(C)C)cc1. The number of hydrogen-bond donors (Lipinski definition) is 3. The lowest BCUT2D eigenvalue weighted by atomic mass is 9.86. The first-order chi connectivity index (χ1) is 9.28. The first-order valence-electron chi connectivity index (χ1n) is 7.38. The number of benzene rings is 1. The van der Waals surface area contributed by atoms with E-state index in [0.717, 1.165) is 5.56 Å². The van der Waals surface area contributed by atoms with Crippen LogP contribution in [0.15, 0.2) is 24.3 Å². The van der Waals surface area contributed by atoms with Gasteiger partial charge in [-0.05, 0) is 29.9 Å². The molecule has 0 radical (unpaired) electrons.